The molecule has 0 radical (unpaired) electrons. The number of ether oxygens (including phenoxy) is 2. The van der Waals surface area contributed by atoms with Gasteiger partial charge in [-0.2, -0.15) is 10.2 Å². The van der Waals surface area contributed by atoms with E-state index in [1.54, 1.807) is 0 Å². The van der Waals surface area contributed by atoms with Crippen LogP contribution in [0.4, 0.5) is 4.79 Å². The summed E-state index contributed by atoms with van der Waals surface area (Å²) in [5.74, 6) is 2.77. The number of carbonyl (C=O) groups is 1. The minimum atomic E-state index is -0.546. The summed E-state index contributed by atoms with van der Waals surface area (Å²) in [6, 6.07) is 0. The lowest BCUT2D eigenvalue weighted by atomic mass is 9.68. The lowest BCUT2D eigenvalue weighted by Gasteiger charge is -2.43. The SMILES string of the molecule is C#CCCC1(CCO[C@@H]2CC=C(NC(=O)OC(C)(C)C)[C@](C)(C=C)[C@@H]2C)N=N1. The van der Waals surface area contributed by atoms with Crippen molar-refractivity contribution in [1.29, 1.82) is 0 Å². The third kappa shape index (κ3) is 5.45. The van der Waals surface area contributed by atoms with Gasteiger partial charge in [-0.25, -0.2) is 4.79 Å². The summed E-state index contributed by atoms with van der Waals surface area (Å²) in [5.41, 5.74) is -0.488. The summed E-state index contributed by atoms with van der Waals surface area (Å²) in [7, 11) is 0. The molecule has 2 rings (SSSR count). The van der Waals surface area contributed by atoms with Gasteiger partial charge in [0.15, 0.2) is 5.66 Å². The number of allylic oxidation sites excluding steroid dienone is 1. The maximum atomic E-state index is 12.2. The maximum absolute atomic E-state index is 12.2. The molecule has 1 N–H and O–H groups in total. The molecule has 0 spiro atoms. The Hall–Kier alpha value is -2.13. The normalized spacial score (nSPS) is 28.1. The Labute approximate surface area is 168 Å². The van der Waals surface area contributed by atoms with Gasteiger partial charge in [0.05, 0.1) is 12.7 Å². The Bertz CT molecular complexity index is 693. The van der Waals surface area contributed by atoms with Crippen LogP contribution in [0.5, 0.6) is 0 Å². The number of carbonyl (C=O) groups excluding carboxylic acids is 1. The van der Waals surface area contributed by atoms with E-state index in [0.717, 1.165) is 18.5 Å². The predicted molar refractivity (Wildman–Crippen MR) is 110 cm³/mol. The molecule has 0 aromatic rings. The molecule has 28 heavy (non-hydrogen) atoms. The Balaban J connectivity index is 1.95. The maximum Gasteiger partial charge on any atom is 0.411 e. The fraction of sp³-hybridized carbons (Fsp3) is 0.682. The Morgan fingerprint density at radius 2 is 2.14 bits per heavy atom. The summed E-state index contributed by atoms with van der Waals surface area (Å²) in [4.78, 5) is 12.2. The molecule has 1 heterocycles. The van der Waals surface area contributed by atoms with E-state index in [-0.39, 0.29) is 17.7 Å². The van der Waals surface area contributed by atoms with E-state index < -0.39 is 17.1 Å². The van der Waals surface area contributed by atoms with Crippen LogP contribution in [0.15, 0.2) is 34.7 Å². The van der Waals surface area contributed by atoms with E-state index in [1.165, 1.54) is 0 Å². The van der Waals surface area contributed by atoms with Crippen molar-refractivity contribution in [2.75, 3.05) is 6.61 Å². The van der Waals surface area contributed by atoms with Crippen molar-refractivity contribution in [2.45, 2.75) is 77.7 Å². The van der Waals surface area contributed by atoms with Gasteiger partial charge in [-0.15, -0.1) is 18.9 Å². The highest BCUT2D eigenvalue weighted by Crippen LogP contribution is 2.43. The first-order valence-corrected chi connectivity index (χ1v) is 9.88. The molecule has 6 nitrogen and oxygen atoms in total. The van der Waals surface area contributed by atoms with Crippen molar-refractivity contribution < 1.29 is 14.3 Å². The van der Waals surface area contributed by atoms with E-state index in [9.17, 15) is 4.79 Å². The molecule has 1 amide bonds. The highest BCUT2D eigenvalue weighted by molar-refractivity contribution is 5.70. The highest BCUT2D eigenvalue weighted by atomic mass is 16.6. The second-order valence-electron chi connectivity index (χ2n) is 8.80. The third-order valence-corrected chi connectivity index (χ3v) is 5.58. The molecular formula is C22H33N3O3. The first kappa shape index (κ1) is 22.2. The van der Waals surface area contributed by atoms with Crippen LogP contribution < -0.4 is 5.32 Å². The fourth-order valence-corrected chi connectivity index (χ4v) is 3.44. The average Bonchev–Trinajstić information content (AvgIpc) is 3.38. The summed E-state index contributed by atoms with van der Waals surface area (Å²) >= 11 is 0. The number of hydrogen-bond acceptors (Lipinski definition) is 5. The van der Waals surface area contributed by atoms with Crippen molar-refractivity contribution in [2.24, 2.45) is 21.6 Å². The number of nitrogens with one attached hydrogen (secondary N) is 1. The molecule has 0 saturated heterocycles. The number of alkyl carbamates (subject to hydrolysis) is 1. The molecule has 0 fully saturated rings. The zero-order valence-corrected chi connectivity index (χ0v) is 17.7. The second kappa shape index (κ2) is 8.48. The molecule has 6 heteroatoms. The number of amides is 1. The lowest BCUT2D eigenvalue weighted by Crippen LogP contribution is -2.45. The van der Waals surface area contributed by atoms with E-state index >= 15 is 0 Å². The van der Waals surface area contributed by atoms with Crippen LogP contribution in [0.1, 0.15) is 60.3 Å². The molecule has 0 saturated carbocycles. The molecule has 0 bridgehead atoms. The number of nitrogens with zero attached hydrogens (tertiary/aromatic N) is 2. The second-order valence-corrected chi connectivity index (χ2v) is 8.80. The largest absolute Gasteiger partial charge is 0.444 e. The zero-order valence-electron chi connectivity index (χ0n) is 17.7. The van der Waals surface area contributed by atoms with Crippen LogP contribution in [0, 0.1) is 23.7 Å². The molecule has 0 aromatic carbocycles. The average molecular weight is 388 g/mol. The van der Waals surface area contributed by atoms with Crippen molar-refractivity contribution in [1.82, 2.24) is 5.32 Å². The molecule has 1 aliphatic heterocycles. The van der Waals surface area contributed by atoms with Gasteiger partial charge in [0, 0.05) is 30.4 Å². The Morgan fingerprint density at radius 3 is 2.68 bits per heavy atom. The molecule has 1 aliphatic carbocycles. The van der Waals surface area contributed by atoms with E-state index in [1.807, 2.05) is 32.9 Å². The fourth-order valence-electron chi connectivity index (χ4n) is 3.44. The van der Waals surface area contributed by atoms with Crippen LogP contribution in [-0.2, 0) is 9.47 Å². The van der Waals surface area contributed by atoms with E-state index in [0.29, 0.717) is 19.4 Å². The topological polar surface area (TPSA) is 72.3 Å². The molecule has 3 atom stereocenters. The van der Waals surface area contributed by atoms with Crippen LogP contribution in [0.2, 0.25) is 0 Å². The van der Waals surface area contributed by atoms with E-state index in [2.05, 4.69) is 41.9 Å². The number of rotatable bonds is 8. The minimum Gasteiger partial charge on any atom is -0.444 e. The minimum absolute atomic E-state index is 0.0237. The molecular weight excluding hydrogens is 354 g/mol. The van der Waals surface area contributed by atoms with Crippen LogP contribution in [0.25, 0.3) is 0 Å². The first-order valence-electron chi connectivity index (χ1n) is 9.88. The van der Waals surface area contributed by atoms with Gasteiger partial charge in [0.2, 0.25) is 0 Å². The molecule has 2 aliphatic rings. The van der Waals surface area contributed by atoms with Gasteiger partial charge < -0.3 is 9.47 Å². The number of hydrogen-bond donors (Lipinski definition) is 1. The smallest absolute Gasteiger partial charge is 0.411 e. The number of terminal acetylenes is 1. The third-order valence-electron chi connectivity index (χ3n) is 5.58. The zero-order chi connectivity index (χ0) is 21.0. The van der Waals surface area contributed by atoms with Crippen LogP contribution in [0.3, 0.4) is 0 Å². The molecule has 0 unspecified atom stereocenters. The van der Waals surface area contributed by atoms with Gasteiger partial charge in [0.25, 0.3) is 0 Å². The lowest BCUT2D eigenvalue weighted by molar-refractivity contribution is -0.0178. The summed E-state index contributed by atoms with van der Waals surface area (Å²) < 4.78 is 11.6. The van der Waals surface area contributed by atoms with Crippen LogP contribution in [-0.4, -0.2) is 30.1 Å². The van der Waals surface area contributed by atoms with Gasteiger partial charge >= 0.3 is 6.09 Å². The monoisotopic (exact) mass is 387 g/mol. The van der Waals surface area contributed by atoms with Gasteiger partial charge in [0.1, 0.15) is 5.60 Å². The molecule has 154 valence electrons. The quantitative estimate of drug-likeness (QED) is 0.472. The van der Waals surface area contributed by atoms with Crippen molar-refractivity contribution >= 4 is 6.09 Å². The van der Waals surface area contributed by atoms with Crippen molar-refractivity contribution in [3.63, 3.8) is 0 Å². The predicted octanol–water partition coefficient (Wildman–Crippen LogP) is 4.98. The van der Waals surface area contributed by atoms with Crippen molar-refractivity contribution in [3.05, 3.63) is 24.4 Å². The Morgan fingerprint density at radius 1 is 1.46 bits per heavy atom. The molecule has 0 aromatic heterocycles. The summed E-state index contributed by atoms with van der Waals surface area (Å²) in [6.07, 6.45) is 11.7. The van der Waals surface area contributed by atoms with Gasteiger partial charge in [-0.05, 0) is 33.1 Å². The highest BCUT2D eigenvalue weighted by Gasteiger charge is 2.43. The standard InChI is InChI=1S/C22H33N3O3/c1-8-10-13-22(24-25-22)14-15-27-17-11-12-18(21(7,9-2)16(17)3)23-19(26)28-20(4,5)6/h1,9,12,16-17H,2,10-11,13-15H2,3-7H3,(H,23,26)/t16-,17-,21-/m1/s1. The van der Waals surface area contributed by atoms with Crippen molar-refractivity contribution in [3.8, 4) is 12.3 Å². The van der Waals surface area contributed by atoms with E-state index in [4.69, 9.17) is 15.9 Å². The summed E-state index contributed by atoms with van der Waals surface area (Å²) in [5, 5.41) is 11.2. The first-order chi connectivity index (χ1) is 13.1. The van der Waals surface area contributed by atoms with Crippen LogP contribution >= 0.6 is 0 Å². The Kier molecular flexibility index (Phi) is 6.71. The van der Waals surface area contributed by atoms with Gasteiger partial charge in [-0.1, -0.05) is 26.0 Å². The summed E-state index contributed by atoms with van der Waals surface area (Å²) in [6.45, 7) is 14.3. The van der Waals surface area contributed by atoms with Gasteiger partial charge in [-0.3, -0.25) is 5.32 Å².